The van der Waals surface area contributed by atoms with E-state index in [0.29, 0.717) is 5.56 Å². The highest BCUT2D eigenvalue weighted by Crippen LogP contribution is 2.48. The lowest BCUT2D eigenvalue weighted by atomic mass is 9.93. The standard InChI is InChI=1S/C20H18O7/c1-20(2,25)19-18(24)15-13(27-19)7-12-14(17(15)23)16(22)11(8-26-12)9-3-5-10(21)6-4-9/h3-8,18-19,21,23-25H,1-2H3/t18-,19-/m0/s1. The molecule has 2 atom stereocenters. The highest BCUT2D eigenvalue weighted by atomic mass is 16.5. The predicted molar refractivity (Wildman–Crippen MR) is 96.9 cm³/mol. The Bertz CT molecular complexity index is 1090. The number of hydrogen-bond donors (Lipinski definition) is 4. The van der Waals surface area contributed by atoms with Crippen molar-refractivity contribution in [3.8, 4) is 28.4 Å². The van der Waals surface area contributed by atoms with Gasteiger partial charge in [-0.2, -0.15) is 0 Å². The van der Waals surface area contributed by atoms with E-state index in [1.54, 1.807) is 12.1 Å². The van der Waals surface area contributed by atoms with Crippen LogP contribution in [-0.4, -0.2) is 32.1 Å². The molecule has 7 nitrogen and oxygen atoms in total. The largest absolute Gasteiger partial charge is 0.508 e. The first-order valence-electron chi connectivity index (χ1n) is 8.36. The number of hydrogen-bond acceptors (Lipinski definition) is 7. The van der Waals surface area contributed by atoms with E-state index in [-0.39, 0.29) is 33.6 Å². The molecule has 0 fully saturated rings. The Morgan fingerprint density at radius 3 is 2.41 bits per heavy atom. The van der Waals surface area contributed by atoms with E-state index in [1.807, 2.05) is 0 Å². The molecule has 0 spiro atoms. The van der Waals surface area contributed by atoms with Crippen LogP contribution in [0.5, 0.6) is 17.2 Å². The number of aromatic hydroxyl groups is 2. The molecule has 0 amide bonds. The molecule has 4 N–H and O–H groups in total. The van der Waals surface area contributed by atoms with E-state index in [4.69, 9.17) is 9.15 Å². The topological polar surface area (TPSA) is 120 Å². The third kappa shape index (κ3) is 2.63. The second-order valence-corrected chi connectivity index (χ2v) is 7.17. The molecule has 27 heavy (non-hydrogen) atoms. The Labute approximate surface area is 153 Å². The monoisotopic (exact) mass is 370 g/mol. The fourth-order valence-electron chi connectivity index (χ4n) is 3.37. The molecule has 0 saturated carbocycles. The summed E-state index contributed by atoms with van der Waals surface area (Å²) >= 11 is 0. The zero-order valence-corrected chi connectivity index (χ0v) is 14.6. The maximum absolute atomic E-state index is 13.0. The maximum Gasteiger partial charge on any atom is 0.204 e. The van der Waals surface area contributed by atoms with Gasteiger partial charge in [0.15, 0.2) is 6.10 Å². The lowest BCUT2D eigenvalue weighted by molar-refractivity contribution is -0.0764. The summed E-state index contributed by atoms with van der Waals surface area (Å²) in [7, 11) is 0. The lowest BCUT2D eigenvalue weighted by Crippen LogP contribution is -2.41. The van der Waals surface area contributed by atoms with Crippen LogP contribution in [0.2, 0.25) is 0 Å². The average Bonchev–Trinajstić information content (AvgIpc) is 2.93. The van der Waals surface area contributed by atoms with Crippen molar-refractivity contribution in [1.82, 2.24) is 0 Å². The molecule has 0 unspecified atom stereocenters. The van der Waals surface area contributed by atoms with Crippen molar-refractivity contribution >= 4 is 11.0 Å². The van der Waals surface area contributed by atoms with Gasteiger partial charge in [-0.3, -0.25) is 4.79 Å². The molecule has 1 aliphatic heterocycles. The van der Waals surface area contributed by atoms with E-state index in [9.17, 15) is 25.2 Å². The Balaban J connectivity index is 1.93. The first-order valence-corrected chi connectivity index (χ1v) is 8.36. The van der Waals surface area contributed by atoms with Gasteiger partial charge in [0, 0.05) is 6.07 Å². The number of benzene rings is 2. The van der Waals surface area contributed by atoms with E-state index < -0.39 is 29.0 Å². The summed E-state index contributed by atoms with van der Waals surface area (Å²) in [5, 5.41) is 40.7. The number of fused-ring (bicyclic) bond motifs is 2. The summed E-state index contributed by atoms with van der Waals surface area (Å²) < 4.78 is 11.1. The molecule has 0 bridgehead atoms. The summed E-state index contributed by atoms with van der Waals surface area (Å²) in [5.74, 6) is -0.223. The second-order valence-electron chi connectivity index (χ2n) is 7.17. The first-order chi connectivity index (χ1) is 12.7. The van der Waals surface area contributed by atoms with Gasteiger partial charge in [0.05, 0.1) is 16.7 Å². The Morgan fingerprint density at radius 2 is 1.78 bits per heavy atom. The summed E-state index contributed by atoms with van der Waals surface area (Å²) in [6.07, 6.45) is -1.04. The number of phenolic OH excluding ortho intramolecular Hbond substituents is 2. The lowest BCUT2D eigenvalue weighted by Gasteiger charge is -2.27. The zero-order chi connectivity index (χ0) is 19.5. The fraction of sp³-hybridized carbons (Fsp3) is 0.250. The molecule has 0 aliphatic carbocycles. The van der Waals surface area contributed by atoms with Crippen LogP contribution in [0.15, 0.2) is 45.8 Å². The number of phenols is 2. The average molecular weight is 370 g/mol. The van der Waals surface area contributed by atoms with Gasteiger partial charge in [0.25, 0.3) is 0 Å². The first kappa shape index (κ1) is 17.4. The molecule has 0 radical (unpaired) electrons. The van der Waals surface area contributed by atoms with Gasteiger partial charge in [0.2, 0.25) is 5.43 Å². The van der Waals surface area contributed by atoms with Crippen molar-refractivity contribution < 1.29 is 29.6 Å². The van der Waals surface area contributed by atoms with Crippen LogP contribution in [0, 0.1) is 0 Å². The van der Waals surface area contributed by atoms with Crippen LogP contribution in [0.1, 0.15) is 25.5 Å². The molecule has 3 aromatic rings. The minimum Gasteiger partial charge on any atom is -0.508 e. The quantitative estimate of drug-likeness (QED) is 0.547. The Kier molecular flexibility index (Phi) is 3.69. The highest BCUT2D eigenvalue weighted by Gasteiger charge is 2.45. The molecule has 4 rings (SSSR count). The summed E-state index contributed by atoms with van der Waals surface area (Å²) in [6, 6.07) is 7.40. The van der Waals surface area contributed by atoms with Crippen LogP contribution in [0.3, 0.4) is 0 Å². The molecular formula is C20H18O7. The van der Waals surface area contributed by atoms with Crippen molar-refractivity contribution in [2.45, 2.75) is 31.7 Å². The normalized spacial score (nSPS) is 19.1. The number of ether oxygens (including phenoxy) is 1. The highest BCUT2D eigenvalue weighted by molar-refractivity contribution is 5.90. The summed E-state index contributed by atoms with van der Waals surface area (Å²) in [6.45, 7) is 2.96. The molecule has 2 aromatic carbocycles. The van der Waals surface area contributed by atoms with E-state index in [1.165, 1.54) is 38.3 Å². The SMILES string of the molecule is CC(C)(O)[C@H]1Oc2cc3occ(-c4ccc(O)cc4)c(=O)c3c(O)c2[C@@H]1O. The maximum atomic E-state index is 13.0. The van der Waals surface area contributed by atoms with Crippen LogP contribution >= 0.6 is 0 Å². The number of rotatable bonds is 2. The van der Waals surface area contributed by atoms with E-state index in [2.05, 4.69) is 0 Å². The summed E-state index contributed by atoms with van der Waals surface area (Å²) in [4.78, 5) is 13.0. The van der Waals surface area contributed by atoms with E-state index >= 15 is 0 Å². The van der Waals surface area contributed by atoms with Gasteiger partial charge in [-0.05, 0) is 31.5 Å². The molecular weight excluding hydrogens is 352 g/mol. The molecule has 2 heterocycles. The third-order valence-electron chi connectivity index (χ3n) is 4.75. The van der Waals surface area contributed by atoms with Crippen molar-refractivity contribution in [2.75, 3.05) is 0 Å². The number of aliphatic hydroxyl groups excluding tert-OH is 1. The van der Waals surface area contributed by atoms with Crippen LogP contribution in [-0.2, 0) is 0 Å². The van der Waals surface area contributed by atoms with Crippen molar-refractivity contribution in [2.24, 2.45) is 0 Å². The second kappa shape index (κ2) is 5.73. The van der Waals surface area contributed by atoms with Gasteiger partial charge in [-0.1, -0.05) is 12.1 Å². The molecule has 0 saturated heterocycles. The Morgan fingerprint density at radius 1 is 1.11 bits per heavy atom. The third-order valence-corrected chi connectivity index (χ3v) is 4.75. The minimum absolute atomic E-state index is 0.0461. The van der Waals surface area contributed by atoms with Gasteiger partial charge in [0.1, 0.15) is 40.6 Å². The van der Waals surface area contributed by atoms with Crippen molar-refractivity contribution in [3.63, 3.8) is 0 Å². The number of aliphatic hydroxyl groups is 2. The van der Waals surface area contributed by atoms with Gasteiger partial charge < -0.3 is 29.6 Å². The van der Waals surface area contributed by atoms with Crippen LogP contribution in [0.25, 0.3) is 22.1 Å². The van der Waals surface area contributed by atoms with Crippen molar-refractivity contribution in [1.29, 1.82) is 0 Å². The minimum atomic E-state index is -1.37. The van der Waals surface area contributed by atoms with E-state index in [0.717, 1.165) is 0 Å². The van der Waals surface area contributed by atoms with Gasteiger partial charge >= 0.3 is 0 Å². The Hall–Kier alpha value is -3.03. The smallest absolute Gasteiger partial charge is 0.204 e. The van der Waals surface area contributed by atoms with Crippen LogP contribution < -0.4 is 10.2 Å². The van der Waals surface area contributed by atoms with Gasteiger partial charge in [-0.15, -0.1) is 0 Å². The zero-order valence-electron chi connectivity index (χ0n) is 14.6. The molecule has 7 heteroatoms. The predicted octanol–water partition coefficient (Wildman–Crippen LogP) is 2.44. The fourth-order valence-corrected chi connectivity index (χ4v) is 3.37. The van der Waals surface area contributed by atoms with Crippen LogP contribution in [0.4, 0.5) is 0 Å². The molecule has 140 valence electrons. The molecule has 1 aliphatic rings. The molecule has 1 aromatic heterocycles. The summed E-state index contributed by atoms with van der Waals surface area (Å²) in [5.41, 5.74) is -1.00. The van der Waals surface area contributed by atoms with Crippen molar-refractivity contribution in [3.05, 3.63) is 52.4 Å². The van der Waals surface area contributed by atoms with Gasteiger partial charge in [-0.25, -0.2) is 0 Å².